The third-order valence-electron chi connectivity index (χ3n) is 2.64. The third kappa shape index (κ3) is 3.04. The summed E-state index contributed by atoms with van der Waals surface area (Å²) >= 11 is 0. The molecule has 0 aliphatic rings. The molecule has 0 unspecified atom stereocenters. The topological polar surface area (TPSA) is 18.5 Å². The van der Waals surface area contributed by atoms with Crippen molar-refractivity contribution in [3.63, 3.8) is 0 Å². The van der Waals surface area contributed by atoms with Crippen LogP contribution < -0.4 is 9.47 Å². The average Bonchev–Trinajstić information content (AvgIpc) is 2.41. The quantitative estimate of drug-likeness (QED) is 0.784. The summed E-state index contributed by atoms with van der Waals surface area (Å²) in [5, 5.41) is 0. The maximum Gasteiger partial charge on any atom is 0.119 e. The van der Waals surface area contributed by atoms with E-state index in [0.717, 1.165) is 17.1 Å². The lowest BCUT2D eigenvalue weighted by Gasteiger charge is -2.07. The molecule has 0 N–H and O–H groups in total. The Morgan fingerprint density at radius 1 is 0.722 bits per heavy atom. The molecule has 0 heterocycles. The summed E-state index contributed by atoms with van der Waals surface area (Å²) in [5.74, 6) is 1.81. The largest absolute Gasteiger partial charge is 0.494 e. The highest BCUT2D eigenvalue weighted by Gasteiger charge is 2.00. The summed E-state index contributed by atoms with van der Waals surface area (Å²) in [7, 11) is 0. The monoisotopic (exact) mass is 242 g/mol. The Labute approximate surface area is 108 Å². The summed E-state index contributed by atoms with van der Waals surface area (Å²) in [4.78, 5) is 0. The molecule has 2 heteroatoms. The van der Waals surface area contributed by atoms with Gasteiger partial charge < -0.3 is 9.47 Å². The molecule has 2 aromatic rings. The number of ether oxygens (including phenoxy) is 2. The molecule has 0 atom stereocenters. The first-order valence-corrected chi connectivity index (χ1v) is 6.29. The van der Waals surface area contributed by atoms with Crippen molar-refractivity contribution in [3.05, 3.63) is 48.5 Å². The lowest BCUT2D eigenvalue weighted by molar-refractivity contribution is 0.340. The van der Waals surface area contributed by atoms with Crippen LogP contribution in [0.25, 0.3) is 11.1 Å². The summed E-state index contributed by atoms with van der Waals surface area (Å²) in [6.45, 7) is 5.36. The molecule has 0 saturated carbocycles. The summed E-state index contributed by atoms with van der Waals surface area (Å²) in [6.07, 6.45) is 0. The normalized spacial score (nSPS) is 10.1. The van der Waals surface area contributed by atoms with Gasteiger partial charge in [0.1, 0.15) is 11.5 Å². The van der Waals surface area contributed by atoms with Crippen molar-refractivity contribution in [3.8, 4) is 22.6 Å². The van der Waals surface area contributed by atoms with Gasteiger partial charge in [-0.15, -0.1) is 0 Å². The van der Waals surface area contributed by atoms with Crippen molar-refractivity contribution in [1.29, 1.82) is 0 Å². The van der Waals surface area contributed by atoms with E-state index in [9.17, 15) is 0 Å². The van der Waals surface area contributed by atoms with E-state index in [-0.39, 0.29) is 0 Å². The Bertz CT molecular complexity index is 489. The highest BCUT2D eigenvalue weighted by Crippen LogP contribution is 2.25. The molecule has 2 nitrogen and oxygen atoms in total. The maximum atomic E-state index is 5.51. The molecule has 0 aromatic heterocycles. The first-order chi connectivity index (χ1) is 8.83. The van der Waals surface area contributed by atoms with E-state index in [1.807, 2.05) is 38.1 Å². The zero-order valence-electron chi connectivity index (χ0n) is 10.8. The van der Waals surface area contributed by atoms with Crippen LogP contribution in [0, 0.1) is 0 Å². The van der Waals surface area contributed by atoms with Gasteiger partial charge in [0.05, 0.1) is 13.2 Å². The molecule has 0 saturated heterocycles. The first-order valence-electron chi connectivity index (χ1n) is 6.29. The van der Waals surface area contributed by atoms with Crippen LogP contribution in [0.3, 0.4) is 0 Å². The van der Waals surface area contributed by atoms with Crippen LogP contribution in [0.4, 0.5) is 0 Å². The van der Waals surface area contributed by atoms with Gasteiger partial charge in [-0.3, -0.25) is 0 Å². The highest BCUT2D eigenvalue weighted by molar-refractivity contribution is 5.65. The number of hydrogen-bond donors (Lipinski definition) is 0. The van der Waals surface area contributed by atoms with Gasteiger partial charge in [0.25, 0.3) is 0 Å². The maximum absolute atomic E-state index is 5.51. The van der Waals surface area contributed by atoms with Gasteiger partial charge in [0, 0.05) is 0 Å². The fourth-order valence-corrected chi connectivity index (χ4v) is 1.84. The minimum Gasteiger partial charge on any atom is -0.494 e. The second-order valence-electron chi connectivity index (χ2n) is 3.92. The van der Waals surface area contributed by atoms with Gasteiger partial charge in [0.2, 0.25) is 0 Å². The Morgan fingerprint density at radius 2 is 1.39 bits per heavy atom. The predicted molar refractivity (Wildman–Crippen MR) is 74.2 cm³/mol. The zero-order valence-corrected chi connectivity index (χ0v) is 10.8. The van der Waals surface area contributed by atoms with Crippen molar-refractivity contribution in [1.82, 2.24) is 0 Å². The molecule has 94 valence electrons. The van der Waals surface area contributed by atoms with Crippen LogP contribution in [0.1, 0.15) is 13.8 Å². The molecule has 2 aromatic carbocycles. The van der Waals surface area contributed by atoms with Crippen molar-refractivity contribution >= 4 is 0 Å². The second-order valence-corrected chi connectivity index (χ2v) is 3.92. The number of hydrogen-bond acceptors (Lipinski definition) is 2. The minimum atomic E-state index is 0.687. The second kappa shape index (κ2) is 6.10. The smallest absolute Gasteiger partial charge is 0.119 e. The molecule has 0 bridgehead atoms. The predicted octanol–water partition coefficient (Wildman–Crippen LogP) is 4.15. The van der Waals surface area contributed by atoms with Crippen LogP contribution in [-0.2, 0) is 0 Å². The van der Waals surface area contributed by atoms with Crippen LogP contribution in [0.5, 0.6) is 11.5 Å². The van der Waals surface area contributed by atoms with Crippen molar-refractivity contribution in [2.45, 2.75) is 13.8 Å². The summed E-state index contributed by atoms with van der Waals surface area (Å²) in [5.41, 5.74) is 2.32. The molecule has 0 aliphatic heterocycles. The standard InChI is InChI=1S/C16H18O2/c1-3-17-15-10-8-13(9-11-15)14-6-5-7-16(12-14)18-4-2/h5-12H,3-4H2,1-2H3. The van der Waals surface area contributed by atoms with Crippen molar-refractivity contribution in [2.75, 3.05) is 13.2 Å². The van der Waals surface area contributed by atoms with E-state index in [1.54, 1.807) is 0 Å². The van der Waals surface area contributed by atoms with E-state index in [0.29, 0.717) is 13.2 Å². The summed E-state index contributed by atoms with van der Waals surface area (Å²) in [6, 6.07) is 16.2. The highest BCUT2D eigenvalue weighted by atomic mass is 16.5. The van der Waals surface area contributed by atoms with E-state index in [1.165, 1.54) is 5.56 Å². The van der Waals surface area contributed by atoms with Gasteiger partial charge in [-0.2, -0.15) is 0 Å². The van der Waals surface area contributed by atoms with Crippen molar-refractivity contribution < 1.29 is 9.47 Å². The van der Waals surface area contributed by atoms with Crippen LogP contribution in [0.2, 0.25) is 0 Å². The van der Waals surface area contributed by atoms with Gasteiger partial charge in [-0.25, -0.2) is 0 Å². The Balaban J connectivity index is 2.22. The van der Waals surface area contributed by atoms with Gasteiger partial charge in [-0.1, -0.05) is 24.3 Å². The van der Waals surface area contributed by atoms with Crippen LogP contribution >= 0.6 is 0 Å². The number of benzene rings is 2. The lowest BCUT2D eigenvalue weighted by Crippen LogP contribution is -1.92. The molecule has 0 spiro atoms. The van der Waals surface area contributed by atoms with Gasteiger partial charge in [-0.05, 0) is 49.2 Å². The summed E-state index contributed by atoms with van der Waals surface area (Å²) < 4.78 is 10.9. The fourth-order valence-electron chi connectivity index (χ4n) is 1.84. The Kier molecular flexibility index (Phi) is 4.24. The van der Waals surface area contributed by atoms with E-state index in [2.05, 4.69) is 24.3 Å². The molecule has 0 amide bonds. The first kappa shape index (κ1) is 12.5. The minimum absolute atomic E-state index is 0.687. The average molecular weight is 242 g/mol. The van der Waals surface area contributed by atoms with Crippen LogP contribution in [0.15, 0.2) is 48.5 Å². The lowest BCUT2D eigenvalue weighted by atomic mass is 10.1. The van der Waals surface area contributed by atoms with E-state index < -0.39 is 0 Å². The molecule has 0 radical (unpaired) electrons. The van der Waals surface area contributed by atoms with Crippen LogP contribution in [-0.4, -0.2) is 13.2 Å². The molecule has 0 fully saturated rings. The third-order valence-corrected chi connectivity index (χ3v) is 2.64. The van der Waals surface area contributed by atoms with E-state index >= 15 is 0 Å². The molecular weight excluding hydrogens is 224 g/mol. The van der Waals surface area contributed by atoms with Gasteiger partial charge >= 0.3 is 0 Å². The molecule has 2 rings (SSSR count). The Morgan fingerprint density at radius 3 is 2.06 bits per heavy atom. The number of rotatable bonds is 5. The van der Waals surface area contributed by atoms with E-state index in [4.69, 9.17) is 9.47 Å². The SMILES string of the molecule is CCOc1ccc(-c2cccc(OCC)c2)cc1. The fraction of sp³-hybridized carbons (Fsp3) is 0.250. The van der Waals surface area contributed by atoms with Gasteiger partial charge in [0.15, 0.2) is 0 Å². The molecular formula is C16H18O2. The molecule has 0 aliphatic carbocycles. The van der Waals surface area contributed by atoms with Crippen molar-refractivity contribution in [2.24, 2.45) is 0 Å². The Hall–Kier alpha value is -1.96. The molecule has 18 heavy (non-hydrogen) atoms. The zero-order chi connectivity index (χ0) is 12.8.